The molecule has 0 radical (unpaired) electrons. The summed E-state index contributed by atoms with van der Waals surface area (Å²) < 4.78 is 0. The summed E-state index contributed by atoms with van der Waals surface area (Å²) in [4.78, 5) is 22.2. The highest BCUT2D eigenvalue weighted by Gasteiger charge is 2.17. The number of thiophene rings is 1. The summed E-state index contributed by atoms with van der Waals surface area (Å²) in [6.07, 6.45) is 4.46. The molecule has 0 saturated carbocycles. The molecule has 0 spiro atoms. The van der Waals surface area contributed by atoms with Crippen molar-refractivity contribution < 1.29 is 4.79 Å². The second-order valence-corrected chi connectivity index (χ2v) is 6.19. The Bertz CT molecular complexity index is 729. The van der Waals surface area contributed by atoms with Gasteiger partial charge < -0.3 is 5.32 Å². The molecule has 1 unspecified atom stereocenters. The largest absolute Gasteiger partial charge is 0.347 e. The molecular weight excluding hydrogens is 306 g/mol. The van der Waals surface area contributed by atoms with Crippen molar-refractivity contribution in [3.05, 3.63) is 82.6 Å². The molecule has 3 aromatic rings. The predicted molar refractivity (Wildman–Crippen MR) is 91.1 cm³/mol. The maximum atomic E-state index is 12.3. The molecule has 0 fully saturated rings. The summed E-state index contributed by atoms with van der Waals surface area (Å²) in [7, 11) is 0. The minimum absolute atomic E-state index is 0.0455. The van der Waals surface area contributed by atoms with E-state index in [0.717, 1.165) is 17.8 Å². The molecule has 3 heterocycles. The average Bonchev–Trinajstić information content (AvgIpc) is 3.09. The summed E-state index contributed by atoms with van der Waals surface area (Å²) >= 11 is 1.69. The SMILES string of the molecule is O=C(Cc1ccccn1)NC(Cc1cccs1)c1ccccn1. The van der Waals surface area contributed by atoms with Gasteiger partial charge in [-0.2, -0.15) is 0 Å². The van der Waals surface area contributed by atoms with Crippen molar-refractivity contribution in [3.63, 3.8) is 0 Å². The summed E-state index contributed by atoms with van der Waals surface area (Å²) in [6.45, 7) is 0. The number of hydrogen-bond donors (Lipinski definition) is 1. The lowest BCUT2D eigenvalue weighted by Crippen LogP contribution is -2.31. The predicted octanol–water partition coefficient (Wildman–Crippen LogP) is 3.18. The van der Waals surface area contributed by atoms with Gasteiger partial charge in [-0.25, -0.2) is 0 Å². The fourth-order valence-electron chi connectivity index (χ4n) is 2.35. The molecule has 0 aliphatic rings. The molecule has 5 heteroatoms. The van der Waals surface area contributed by atoms with Crippen LogP contribution in [0.15, 0.2) is 66.3 Å². The first-order chi connectivity index (χ1) is 11.3. The van der Waals surface area contributed by atoms with Gasteiger partial charge in [-0.15, -0.1) is 11.3 Å². The smallest absolute Gasteiger partial charge is 0.226 e. The maximum absolute atomic E-state index is 12.3. The lowest BCUT2D eigenvalue weighted by atomic mass is 10.1. The van der Waals surface area contributed by atoms with Crippen molar-refractivity contribution in [2.75, 3.05) is 0 Å². The third-order valence-electron chi connectivity index (χ3n) is 3.43. The Morgan fingerprint density at radius 1 is 1.04 bits per heavy atom. The van der Waals surface area contributed by atoms with E-state index in [1.165, 1.54) is 4.88 Å². The molecule has 1 atom stereocenters. The molecule has 0 saturated heterocycles. The number of amides is 1. The summed E-state index contributed by atoms with van der Waals surface area (Å²) in [6, 6.07) is 15.3. The van der Waals surface area contributed by atoms with Crippen LogP contribution in [0.5, 0.6) is 0 Å². The molecule has 0 aliphatic heterocycles. The van der Waals surface area contributed by atoms with Crippen LogP contribution in [0.25, 0.3) is 0 Å². The van der Waals surface area contributed by atoms with Gasteiger partial charge in [-0.05, 0) is 35.7 Å². The monoisotopic (exact) mass is 323 g/mol. The van der Waals surface area contributed by atoms with E-state index < -0.39 is 0 Å². The Morgan fingerprint density at radius 3 is 2.52 bits per heavy atom. The number of carbonyl (C=O) groups is 1. The number of nitrogens with zero attached hydrogens (tertiary/aromatic N) is 2. The van der Waals surface area contributed by atoms with Crippen LogP contribution in [0.3, 0.4) is 0 Å². The summed E-state index contributed by atoms with van der Waals surface area (Å²) in [5, 5.41) is 5.13. The number of carbonyl (C=O) groups excluding carboxylic acids is 1. The Balaban J connectivity index is 1.72. The van der Waals surface area contributed by atoms with Gasteiger partial charge in [0.25, 0.3) is 0 Å². The van der Waals surface area contributed by atoms with Crippen LogP contribution >= 0.6 is 11.3 Å². The summed E-state index contributed by atoms with van der Waals surface area (Å²) in [5.74, 6) is -0.0455. The van der Waals surface area contributed by atoms with E-state index in [4.69, 9.17) is 0 Å². The van der Waals surface area contributed by atoms with Crippen LogP contribution < -0.4 is 5.32 Å². The van der Waals surface area contributed by atoms with E-state index in [1.807, 2.05) is 47.8 Å². The first-order valence-corrected chi connectivity index (χ1v) is 8.32. The van der Waals surface area contributed by atoms with E-state index in [0.29, 0.717) is 0 Å². The van der Waals surface area contributed by atoms with Crippen LogP contribution in [-0.2, 0) is 17.6 Å². The summed E-state index contributed by atoms with van der Waals surface area (Å²) in [5.41, 5.74) is 1.64. The molecule has 3 aromatic heterocycles. The van der Waals surface area contributed by atoms with Crippen molar-refractivity contribution in [1.82, 2.24) is 15.3 Å². The third-order valence-corrected chi connectivity index (χ3v) is 4.33. The van der Waals surface area contributed by atoms with E-state index in [2.05, 4.69) is 21.4 Å². The molecule has 23 heavy (non-hydrogen) atoms. The molecule has 4 nitrogen and oxygen atoms in total. The fraction of sp³-hybridized carbons (Fsp3) is 0.167. The average molecular weight is 323 g/mol. The standard InChI is InChI=1S/C18H17N3OS/c22-18(12-14-6-1-3-9-19-14)21-17(13-15-7-5-11-23-15)16-8-2-4-10-20-16/h1-11,17H,12-13H2,(H,21,22). The first kappa shape index (κ1) is 15.4. The lowest BCUT2D eigenvalue weighted by molar-refractivity contribution is -0.121. The highest BCUT2D eigenvalue weighted by molar-refractivity contribution is 7.09. The number of rotatable bonds is 6. The Morgan fingerprint density at radius 2 is 1.87 bits per heavy atom. The number of pyridine rings is 2. The molecule has 0 aromatic carbocycles. The van der Waals surface area contributed by atoms with Crippen molar-refractivity contribution in [1.29, 1.82) is 0 Å². The molecule has 1 N–H and O–H groups in total. The van der Waals surface area contributed by atoms with E-state index >= 15 is 0 Å². The van der Waals surface area contributed by atoms with Gasteiger partial charge >= 0.3 is 0 Å². The maximum Gasteiger partial charge on any atom is 0.226 e. The van der Waals surface area contributed by atoms with Gasteiger partial charge in [0, 0.05) is 29.4 Å². The van der Waals surface area contributed by atoms with Crippen molar-refractivity contribution in [2.45, 2.75) is 18.9 Å². The zero-order chi connectivity index (χ0) is 15.9. The van der Waals surface area contributed by atoms with Gasteiger partial charge in [0.1, 0.15) is 0 Å². The van der Waals surface area contributed by atoms with Gasteiger partial charge in [0.15, 0.2) is 0 Å². The third kappa shape index (κ3) is 4.47. The highest BCUT2D eigenvalue weighted by atomic mass is 32.1. The van der Waals surface area contributed by atoms with Crippen LogP contribution in [0.2, 0.25) is 0 Å². The molecular formula is C18H17N3OS. The normalized spacial score (nSPS) is 11.8. The van der Waals surface area contributed by atoms with E-state index in [1.54, 1.807) is 23.7 Å². The van der Waals surface area contributed by atoms with Crippen LogP contribution in [0, 0.1) is 0 Å². The topological polar surface area (TPSA) is 54.9 Å². The second-order valence-electron chi connectivity index (χ2n) is 5.16. The minimum Gasteiger partial charge on any atom is -0.347 e. The second kappa shape index (κ2) is 7.65. The van der Waals surface area contributed by atoms with Gasteiger partial charge in [0.2, 0.25) is 5.91 Å². The zero-order valence-corrected chi connectivity index (χ0v) is 13.4. The van der Waals surface area contributed by atoms with Gasteiger partial charge in [-0.3, -0.25) is 14.8 Å². The fourth-order valence-corrected chi connectivity index (χ4v) is 3.11. The Kier molecular flexibility index (Phi) is 5.11. The minimum atomic E-state index is -0.133. The van der Waals surface area contributed by atoms with Crippen LogP contribution in [-0.4, -0.2) is 15.9 Å². The van der Waals surface area contributed by atoms with Crippen molar-refractivity contribution in [2.24, 2.45) is 0 Å². The Labute approximate surface area is 139 Å². The van der Waals surface area contributed by atoms with Gasteiger partial charge in [0.05, 0.1) is 18.2 Å². The molecule has 1 amide bonds. The molecule has 0 bridgehead atoms. The zero-order valence-electron chi connectivity index (χ0n) is 12.6. The van der Waals surface area contributed by atoms with Crippen molar-refractivity contribution >= 4 is 17.2 Å². The number of aromatic nitrogens is 2. The van der Waals surface area contributed by atoms with Gasteiger partial charge in [-0.1, -0.05) is 18.2 Å². The number of nitrogens with one attached hydrogen (secondary N) is 1. The first-order valence-electron chi connectivity index (χ1n) is 7.44. The quantitative estimate of drug-likeness (QED) is 0.758. The lowest BCUT2D eigenvalue weighted by Gasteiger charge is -2.17. The molecule has 0 aliphatic carbocycles. The Hall–Kier alpha value is -2.53. The van der Waals surface area contributed by atoms with Crippen LogP contribution in [0.1, 0.15) is 22.3 Å². The highest BCUT2D eigenvalue weighted by Crippen LogP contribution is 2.20. The van der Waals surface area contributed by atoms with Crippen molar-refractivity contribution in [3.8, 4) is 0 Å². The number of hydrogen-bond acceptors (Lipinski definition) is 4. The molecule has 3 rings (SSSR count). The van der Waals surface area contributed by atoms with E-state index in [-0.39, 0.29) is 18.4 Å². The molecule has 116 valence electrons. The van der Waals surface area contributed by atoms with Crippen LogP contribution in [0.4, 0.5) is 0 Å². The van der Waals surface area contributed by atoms with E-state index in [9.17, 15) is 4.79 Å².